The fourth-order valence-corrected chi connectivity index (χ4v) is 3.94. The molecular formula is C21H21N5OS. The third kappa shape index (κ3) is 4.09. The second-order valence-corrected chi connectivity index (χ2v) is 7.29. The van der Waals surface area contributed by atoms with Crippen molar-refractivity contribution in [3.05, 3.63) is 72.4 Å². The van der Waals surface area contributed by atoms with Gasteiger partial charge < -0.3 is 9.88 Å². The second-order valence-electron chi connectivity index (χ2n) is 6.35. The highest BCUT2D eigenvalue weighted by Crippen LogP contribution is 2.24. The summed E-state index contributed by atoms with van der Waals surface area (Å²) < 4.78 is 3.94. The van der Waals surface area contributed by atoms with Crippen LogP contribution in [0.5, 0.6) is 0 Å². The molecule has 0 atom stereocenters. The molecule has 2 aromatic carbocycles. The molecule has 1 N–H and O–H groups in total. The molecule has 0 radical (unpaired) electrons. The summed E-state index contributed by atoms with van der Waals surface area (Å²) in [6.07, 6.45) is 1.87. The Morgan fingerprint density at radius 3 is 2.68 bits per heavy atom. The van der Waals surface area contributed by atoms with Gasteiger partial charge in [-0.25, -0.2) is 4.98 Å². The van der Waals surface area contributed by atoms with Crippen molar-refractivity contribution in [2.75, 3.05) is 11.1 Å². The molecule has 0 unspecified atom stereocenters. The van der Waals surface area contributed by atoms with Crippen LogP contribution in [0.4, 0.5) is 5.82 Å². The van der Waals surface area contributed by atoms with Crippen LogP contribution in [0.2, 0.25) is 0 Å². The number of aromatic nitrogens is 4. The summed E-state index contributed by atoms with van der Waals surface area (Å²) in [4.78, 5) is 17.0. The Balaban J connectivity index is 1.36. The smallest absolute Gasteiger partial charge is 0.236 e. The average Bonchev–Trinajstić information content (AvgIpc) is 3.30. The van der Waals surface area contributed by atoms with Crippen LogP contribution in [0, 0.1) is 0 Å². The zero-order valence-corrected chi connectivity index (χ0v) is 16.4. The van der Waals surface area contributed by atoms with Crippen LogP contribution in [-0.2, 0) is 17.9 Å². The molecule has 0 aliphatic heterocycles. The number of benzene rings is 2. The highest BCUT2D eigenvalue weighted by Gasteiger charge is 2.12. The van der Waals surface area contributed by atoms with Crippen molar-refractivity contribution in [3.8, 4) is 0 Å². The lowest BCUT2D eigenvalue weighted by Gasteiger charge is -2.05. The van der Waals surface area contributed by atoms with Gasteiger partial charge in [-0.05, 0) is 24.6 Å². The quantitative estimate of drug-likeness (QED) is 0.483. The first kappa shape index (κ1) is 18.3. The highest BCUT2D eigenvalue weighted by atomic mass is 32.2. The van der Waals surface area contributed by atoms with Gasteiger partial charge in [0, 0.05) is 18.8 Å². The normalized spacial score (nSPS) is 11.0. The first-order valence-electron chi connectivity index (χ1n) is 9.18. The van der Waals surface area contributed by atoms with E-state index < -0.39 is 0 Å². The standard InChI is InChI=1S/C21H21N5OS/c1-2-26-18-11-7-6-10-17(18)22-21(26)28-15-20(27)23-19-12-13-25(24-19)14-16-8-4-3-5-9-16/h3-13H,2,14-15H2,1H3,(H,23,24,27). The topological polar surface area (TPSA) is 64.7 Å². The zero-order valence-electron chi connectivity index (χ0n) is 15.6. The molecule has 0 fully saturated rings. The predicted octanol–water partition coefficient (Wildman–Crippen LogP) is 4.03. The van der Waals surface area contributed by atoms with Gasteiger partial charge in [-0.1, -0.05) is 54.2 Å². The van der Waals surface area contributed by atoms with Crippen molar-refractivity contribution >= 4 is 34.5 Å². The molecule has 1 amide bonds. The fraction of sp³-hybridized carbons (Fsp3) is 0.190. The summed E-state index contributed by atoms with van der Waals surface area (Å²) in [5.74, 6) is 0.754. The predicted molar refractivity (Wildman–Crippen MR) is 113 cm³/mol. The number of imidazole rings is 1. The van der Waals surface area contributed by atoms with Crippen LogP contribution in [-0.4, -0.2) is 31.0 Å². The fourth-order valence-electron chi connectivity index (χ4n) is 3.07. The lowest BCUT2D eigenvalue weighted by atomic mass is 10.2. The SMILES string of the molecule is CCn1c(SCC(=O)Nc2ccn(Cc3ccccc3)n2)nc2ccccc21. The monoisotopic (exact) mass is 391 g/mol. The number of rotatable bonds is 7. The molecule has 0 aliphatic rings. The third-order valence-electron chi connectivity index (χ3n) is 4.36. The molecule has 0 spiro atoms. The Kier molecular flexibility index (Phi) is 5.43. The number of amides is 1. The van der Waals surface area contributed by atoms with Crippen LogP contribution < -0.4 is 5.32 Å². The van der Waals surface area contributed by atoms with Gasteiger partial charge in [0.1, 0.15) is 0 Å². The Bertz CT molecular complexity index is 1090. The molecule has 0 aliphatic carbocycles. The number of carbonyl (C=O) groups is 1. The summed E-state index contributed by atoms with van der Waals surface area (Å²) in [5.41, 5.74) is 3.21. The molecule has 7 heteroatoms. The van der Waals surface area contributed by atoms with E-state index in [0.717, 1.165) is 28.3 Å². The molecule has 0 bridgehead atoms. The molecule has 0 saturated heterocycles. The molecule has 142 valence electrons. The van der Waals surface area contributed by atoms with E-state index in [2.05, 4.69) is 45.1 Å². The number of fused-ring (bicyclic) bond motifs is 1. The number of nitrogens with one attached hydrogen (secondary N) is 1. The maximum atomic E-state index is 12.3. The second kappa shape index (κ2) is 8.31. The van der Waals surface area contributed by atoms with Crippen LogP contribution in [0.15, 0.2) is 72.0 Å². The van der Waals surface area contributed by atoms with Gasteiger partial charge in [0.15, 0.2) is 11.0 Å². The molecule has 2 heterocycles. The molecule has 28 heavy (non-hydrogen) atoms. The lowest BCUT2D eigenvalue weighted by Crippen LogP contribution is -2.15. The summed E-state index contributed by atoms with van der Waals surface area (Å²) in [5, 5.41) is 8.14. The molecule has 0 saturated carbocycles. The number of thioether (sulfide) groups is 1. The summed E-state index contributed by atoms with van der Waals surface area (Å²) in [6.45, 7) is 3.57. The average molecular weight is 392 g/mol. The van der Waals surface area contributed by atoms with Gasteiger partial charge in [0.2, 0.25) is 5.91 Å². The van der Waals surface area contributed by atoms with E-state index in [1.807, 2.05) is 53.3 Å². The Morgan fingerprint density at radius 1 is 1.07 bits per heavy atom. The van der Waals surface area contributed by atoms with Crippen LogP contribution in [0.3, 0.4) is 0 Å². The van der Waals surface area contributed by atoms with Crippen molar-refractivity contribution in [3.63, 3.8) is 0 Å². The highest BCUT2D eigenvalue weighted by molar-refractivity contribution is 7.99. The number of aryl methyl sites for hydroxylation is 1. The van der Waals surface area contributed by atoms with Gasteiger partial charge in [0.05, 0.1) is 23.3 Å². The van der Waals surface area contributed by atoms with Gasteiger partial charge in [-0.2, -0.15) is 5.10 Å². The van der Waals surface area contributed by atoms with Crippen molar-refractivity contribution in [1.29, 1.82) is 0 Å². The first-order valence-corrected chi connectivity index (χ1v) is 10.2. The minimum Gasteiger partial charge on any atom is -0.319 e. The first-order chi connectivity index (χ1) is 13.7. The number of carbonyl (C=O) groups excluding carboxylic acids is 1. The summed E-state index contributed by atoms with van der Waals surface area (Å²) in [7, 11) is 0. The minimum absolute atomic E-state index is 0.0929. The third-order valence-corrected chi connectivity index (χ3v) is 5.34. The number of nitrogens with zero attached hydrogens (tertiary/aromatic N) is 4. The Morgan fingerprint density at radius 2 is 1.86 bits per heavy atom. The van der Waals surface area contributed by atoms with Gasteiger partial charge in [-0.15, -0.1) is 0 Å². The Labute approximate surface area is 167 Å². The zero-order chi connectivity index (χ0) is 19.3. The van der Waals surface area contributed by atoms with Crippen LogP contribution >= 0.6 is 11.8 Å². The van der Waals surface area contributed by atoms with Crippen molar-refractivity contribution in [1.82, 2.24) is 19.3 Å². The minimum atomic E-state index is -0.0929. The van der Waals surface area contributed by atoms with Gasteiger partial charge in [-0.3, -0.25) is 9.48 Å². The molecular weight excluding hydrogens is 370 g/mol. The molecule has 6 nitrogen and oxygen atoms in total. The number of hydrogen-bond acceptors (Lipinski definition) is 4. The Hall–Kier alpha value is -3.06. The van der Waals surface area contributed by atoms with E-state index in [4.69, 9.17) is 0 Å². The van der Waals surface area contributed by atoms with E-state index in [0.29, 0.717) is 12.4 Å². The number of para-hydroxylation sites is 2. The van der Waals surface area contributed by atoms with E-state index >= 15 is 0 Å². The molecule has 4 rings (SSSR count). The maximum Gasteiger partial charge on any atom is 0.236 e. The van der Waals surface area contributed by atoms with Crippen molar-refractivity contribution in [2.24, 2.45) is 0 Å². The van der Waals surface area contributed by atoms with Crippen LogP contribution in [0.25, 0.3) is 11.0 Å². The summed E-state index contributed by atoms with van der Waals surface area (Å²) in [6, 6.07) is 19.9. The van der Waals surface area contributed by atoms with E-state index in [1.54, 1.807) is 0 Å². The lowest BCUT2D eigenvalue weighted by molar-refractivity contribution is -0.113. The van der Waals surface area contributed by atoms with E-state index in [9.17, 15) is 4.79 Å². The van der Waals surface area contributed by atoms with Crippen molar-refractivity contribution in [2.45, 2.75) is 25.2 Å². The number of hydrogen-bond donors (Lipinski definition) is 1. The van der Waals surface area contributed by atoms with E-state index in [-0.39, 0.29) is 11.7 Å². The van der Waals surface area contributed by atoms with Crippen molar-refractivity contribution < 1.29 is 4.79 Å². The van der Waals surface area contributed by atoms with Gasteiger partial charge in [0.25, 0.3) is 0 Å². The summed E-state index contributed by atoms with van der Waals surface area (Å²) >= 11 is 1.44. The maximum absolute atomic E-state index is 12.3. The molecule has 2 aromatic heterocycles. The van der Waals surface area contributed by atoms with E-state index in [1.165, 1.54) is 11.8 Å². The number of anilines is 1. The van der Waals surface area contributed by atoms with Crippen LogP contribution in [0.1, 0.15) is 12.5 Å². The largest absolute Gasteiger partial charge is 0.319 e. The van der Waals surface area contributed by atoms with Gasteiger partial charge >= 0.3 is 0 Å². The molecule has 4 aromatic rings.